The van der Waals surface area contributed by atoms with Gasteiger partial charge in [0, 0.05) is 19.3 Å². The lowest BCUT2D eigenvalue weighted by Gasteiger charge is -2.32. The Hall–Kier alpha value is -1.18. The van der Waals surface area contributed by atoms with Crippen molar-refractivity contribution < 1.29 is 14.6 Å². The van der Waals surface area contributed by atoms with Crippen LogP contribution in [0.15, 0.2) is 21.5 Å². The Bertz CT molecular complexity index is 531. The first kappa shape index (κ1) is 15.2. The number of halogens is 1. The zero-order valence-corrected chi connectivity index (χ0v) is 12.6. The zero-order chi connectivity index (χ0) is 14.5. The van der Waals surface area contributed by atoms with Gasteiger partial charge < -0.3 is 19.7 Å². The second kappa shape index (κ2) is 7.01. The van der Waals surface area contributed by atoms with Crippen molar-refractivity contribution in [2.75, 3.05) is 26.3 Å². The van der Waals surface area contributed by atoms with E-state index in [-0.39, 0.29) is 30.8 Å². The topological polar surface area (TPSA) is 82.6 Å². The molecule has 2 heterocycles. The molecule has 0 spiro atoms. The van der Waals surface area contributed by atoms with Crippen molar-refractivity contribution in [3.63, 3.8) is 0 Å². The molecule has 1 amide bonds. The minimum absolute atomic E-state index is 0.0166. The number of nitrogens with one attached hydrogen (secondary N) is 1. The number of carbonyl (C=O) groups excluding carboxylic acids is 1. The van der Waals surface area contributed by atoms with Crippen LogP contribution >= 0.6 is 15.9 Å². The highest BCUT2D eigenvalue weighted by atomic mass is 79.9. The number of rotatable bonds is 4. The quantitative estimate of drug-likeness (QED) is 0.844. The van der Waals surface area contributed by atoms with E-state index in [4.69, 9.17) is 9.84 Å². The average Bonchev–Trinajstić information content (AvgIpc) is 2.47. The molecule has 1 unspecified atom stereocenters. The van der Waals surface area contributed by atoms with Crippen molar-refractivity contribution in [1.82, 2.24) is 9.88 Å². The Morgan fingerprint density at radius 2 is 2.40 bits per heavy atom. The van der Waals surface area contributed by atoms with E-state index in [2.05, 4.69) is 20.9 Å². The highest BCUT2D eigenvalue weighted by Crippen LogP contribution is 2.16. The van der Waals surface area contributed by atoms with Gasteiger partial charge in [-0.05, 0) is 34.8 Å². The Morgan fingerprint density at radius 3 is 3.10 bits per heavy atom. The zero-order valence-electron chi connectivity index (χ0n) is 11.0. The number of hydrogen-bond acceptors (Lipinski definition) is 4. The first-order valence-corrected chi connectivity index (χ1v) is 7.31. The van der Waals surface area contributed by atoms with E-state index >= 15 is 0 Å². The first-order chi connectivity index (χ1) is 9.61. The normalized spacial score (nSPS) is 19.1. The molecule has 0 radical (unpaired) electrons. The molecular formula is C13H17BrN2O4. The molecular weight excluding hydrogens is 328 g/mol. The van der Waals surface area contributed by atoms with Crippen LogP contribution in [0.5, 0.6) is 0 Å². The molecule has 0 bridgehead atoms. The molecule has 1 atom stereocenters. The van der Waals surface area contributed by atoms with Crippen LogP contribution in [-0.4, -0.2) is 53.3 Å². The summed E-state index contributed by atoms with van der Waals surface area (Å²) in [4.78, 5) is 27.9. The predicted octanol–water partition coefficient (Wildman–Crippen LogP) is 0.751. The highest BCUT2D eigenvalue weighted by Gasteiger charge is 2.25. The van der Waals surface area contributed by atoms with Gasteiger partial charge >= 0.3 is 0 Å². The minimum atomic E-state index is -0.260. The number of ether oxygens (including phenoxy) is 1. The summed E-state index contributed by atoms with van der Waals surface area (Å²) in [5.41, 5.74) is 0.184. The van der Waals surface area contributed by atoms with Crippen molar-refractivity contribution in [2.45, 2.75) is 18.9 Å². The Labute approximate surface area is 124 Å². The highest BCUT2D eigenvalue weighted by molar-refractivity contribution is 9.10. The molecule has 1 fully saturated rings. The number of aliphatic hydroxyl groups excluding tert-OH is 1. The second-order valence-corrected chi connectivity index (χ2v) is 5.53. The van der Waals surface area contributed by atoms with Crippen molar-refractivity contribution in [3.05, 3.63) is 32.7 Å². The summed E-state index contributed by atoms with van der Waals surface area (Å²) in [6, 6.07) is 1.53. The molecule has 110 valence electrons. The van der Waals surface area contributed by atoms with Crippen LogP contribution in [0.3, 0.4) is 0 Å². The molecule has 1 aromatic heterocycles. The fourth-order valence-corrected chi connectivity index (χ4v) is 2.60. The Kier molecular flexibility index (Phi) is 5.33. The summed E-state index contributed by atoms with van der Waals surface area (Å²) in [7, 11) is 0. The van der Waals surface area contributed by atoms with Gasteiger partial charge in [0.2, 0.25) is 0 Å². The van der Waals surface area contributed by atoms with Crippen molar-refractivity contribution >= 4 is 21.8 Å². The van der Waals surface area contributed by atoms with Gasteiger partial charge in [-0.25, -0.2) is 0 Å². The molecule has 0 saturated carbocycles. The Morgan fingerprint density at radius 1 is 1.60 bits per heavy atom. The van der Waals surface area contributed by atoms with E-state index < -0.39 is 0 Å². The van der Waals surface area contributed by atoms with Crippen LogP contribution in [0.1, 0.15) is 23.2 Å². The fourth-order valence-electron chi connectivity index (χ4n) is 2.24. The van der Waals surface area contributed by atoms with Gasteiger partial charge in [-0.1, -0.05) is 0 Å². The molecule has 2 N–H and O–H groups in total. The number of hydrogen-bond donors (Lipinski definition) is 2. The smallest absolute Gasteiger partial charge is 0.262 e. The molecule has 6 nitrogen and oxygen atoms in total. The van der Waals surface area contributed by atoms with E-state index in [0.29, 0.717) is 23.1 Å². The van der Waals surface area contributed by atoms with Crippen LogP contribution in [0.25, 0.3) is 0 Å². The van der Waals surface area contributed by atoms with Gasteiger partial charge in [0.15, 0.2) is 0 Å². The molecule has 1 saturated heterocycles. The number of aromatic amines is 1. The standard InChI is InChI=1S/C13H17BrN2O4/c14-11-6-9(7-15-12(11)18)13(19)16-3-1-2-10(8-16)20-5-4-17/h6-7,10,17H,1-5,8H2,(H,15,18). The van der Waals surface area contributed by atoms with E-state index in [0.717, 1.165) is 12.8 Å². The van der Waals surface area contributed by atoms with Gasteiger partial charge in [0.25, 0.3) is 11.5 Å². The van der Waals surface area contributed by atoms with Gasteiger partial charge in [0.05, 0.1) is 29.4 Å². The lowest BCUT2D eigenvalue weighted by Crippen LogP contribution is -2.43. The minimum Gasteiger partial charge on any atom is -0.394 e. The second-order valence-electron chi connectivity index (χ2n) is 4.68. The van der Waals surface area contributed by atoms with E-state index in [1.807, 2.05) is 0 Å². The average molecular weight is 345 g/mol. The summed E-state index contributed by atoms with van der Waals surface area (Å²) >= 11 is 3.12. The van der Waals surface area contributed by atoms with E-state index in [1.165, 1.54) is 12.3 Å². The number of carbonyl (C=O) groups is 1. The molecule has 7 heteroatoms. The molecule has 1 aromatic rings. The largest absolute Gasteiger partial charge is 0.394 e. The first-order valence-electron chi connectivity index (χ1n) is 6.52. The van der Waals surface area contributed by atoms with Crippen molar-refractivity contribution in [3.8, 4) is 0 Å². The van der Waals surface area contributed by atoms with Crippen LogP contribution < -0.4 is 5.56 Å². The third kappa shape index (κ3) is 3.68. The van der Waals surface area contributed by atoms with Crippen LogP contribution in [0.4, 0.5) is 0 Å². The van der Waals surface area contributed by atoms with Crippen LogP contribution in [0.2, 0.25) is 0 Å². The lowest BCUT2D eigenvalue weighted by molar-refractivity contribution is -0.0110. The summed E-state index contributed by atoms with van der Waals surface area (Å²) in [6.45, 7) is 1.46. The summed E-state index contributed by atoms with van der Waals surface area (Å²) in [5, 5.41) is 8.76. The maximum absolute atomic E-state index is 12.4. The number of H-pyrrole nitrogens is 1. The Balaban J connectivity index is 2.04. The van der Waals surface area contributed by atoms with Gasteiger partial charge in [-0.2, -0.15) is 0 Å². The SMILES string of the molecule is O=C(c1c[nH]c(=O)c(Br)c1)N1CCCC(OCCO)C1. The van der Waals surface area contributed by atoms with E-state index in [1.54, 1.807) is 4.90 Å². The molecule has 1 aliphatic rings. The molecule has 0 aliphatic carbocycles. The van der Waals surface area contributed by atoms with Gasteiger partial charge in [-0.15, -0.1) is 0 Å². The number of aliphatic hydroxyl groups is 1. The number of piperidine rings is 1. The third-order valence-electron chi connectivity index (χ3n) is 3.22. The molecule has 1 aliphatic heterocycles. The van der Waals surface area contributed by atoms with Gasteiger partial charge in [-0.3, -0.25) is 9.59 Å². The van der Waals surface area contributed by atoms with Crippen LogP contribution in [0, 0.1) is 0 Å². The van der Waals surface area contributed by atoms with Crippen LogP contribution in [-0.2, 0) is 4.74 Å². The monoisotopic (exact) mass is 344 g/mol. The number of aromatic nitrogens is 1. The summed E-state index contributed by atoms with van der Waals surface area (Å²) in [5.74, 6) is -0.126. The maximum Gasteiger partial charge on any atom is 0.262 e. The fraction of sp³-hybridized carbons (Fsp3) is 0.538. The summed E-state index contributed by atoms with van der Waals surface area (Å²) < 4.78 is 5.82. The predicted molar refractivity (Wildman–Crippen MR) is 76.7 cm³/mol. The van der Waals surface area contributed by atoms with Crippen molar-refractivity contribution in [1.29, 1.82) is 0 Å². The maximum atomic E-state index is 12.4. The summed E-state index contributed by atoms with van der Waals surface area (Å²) in [6.07, 6.45) is 3.14. The number of nitrogens with zero attached hydrogens (tertiary/aromatic N) is 1. The van der Waals surface area contributed by atoms with Crippen molar-refractivity contribution in [2.24, 2.45) is 0 Å². The molecule has 20 heavy (non-hydrogen) atoms. The molecule has 0 aromatic carbocycles. The number of pyridine rings is 1. The molecule has 2 rings (SSSR count). The van der Waals surface area contributed by atoms with E-state index in [9.17, 15) is 9.59 Å². The lowest BCUT2D eigenvalue weighted by atomic mass is 10.1. The number of likely N-dealkylation sites (tertiary alicyclic amines) is 1. The number of amides is 1. The van der Waals surface area contributed by atoms with Gasteiger partial charge in [0.1, 0.15) is 0 Å². The third-order valence-corrected chi connectivity index (χ3v) is 3.80.